The number of allylic oxidation sites excluding steroid dienone is 5. The predicted octanol–water partition coefficient (Wildman–Crippen LogP) is 5.13. The minimum atomic E-state index is -0.579. The average molecular weight is 380 g/mol. The third kappa shape index (κ3) is 1.92. The van der Waals surface area contributed by atoms with Gasteiger partial charge in [0, 0.05) is 17.1 Å². The van der Waals surface area contributed by atoms with Gasteiger partial charge in [-0.15, -0.1) is 0 Å². The number of unbranched alkanes of at least 4 members (excludes halogenated alkanes) is 2. The number of ether oxygens (including phenoxy) is 2. The van der Waals surface area contributed by atoms with E-state index in [-0.39, 0.29) is 29.2 Å². The van der Waals surface area contributed by atoms with Crippen LogP contribution in [0.5, 0.6) is 0 Å². The first-order chi connectivity index (χ1) is 13.6. The fraction of sp³-hybridized carbons (Fsp3) is 0.583. The minimum absolute atomic E-state index is 0.0378. The highest BCUT2D eigenvalue weighted by molar-refractivity contribution is 5.98. The van der Waals surface area contributed by atoms with E-state index in [1.54, 1.807) is 0 Å². The van der Waals surface area contributed by atoms with Crippen molar-refractivity contribution in [3.63, 3.8) is 0 Å². The van der Waals surface area contributed by atoms with E-state index < -0.39 is 5.41 Å². The molecule has 0 aromatic carbocycles. The topological polar surface area (TPSA) is 52.6 Å². The first-order valence-corrected chi connectivity index (χ1v) is 10.9. The first-order valence-electron chi connectivity index (χ1n) is 10.9. The summed E-state index contributed by atoms with van der Waals surface area (Å²) in [6, 6.07) is 0. The summed E-state index contributed by atoms with van der Waals surface area (Å²) in [6.07, 6.45) is 15.8. The van der Waals surface area contributed by atoms with E-state index in [0.717, 1.165) is 74.0 Å². The third-order valence-electron chi connectivity index (χ3n) is 7.62. The van der Waals surface area contributed by atoms with Crippen molar-refractivity contribution in [1.29, 1.82) is 0 Å². The van der Waals surface area contributed by atoms with Gasteiger partial charge < -0.3 is 9.47 Å². The fourth-order valence-corrected chi connectivity index (χ4v) is 6.60. The second-order valence-electron chi connectivity index (χ2n) is 8.79. The average Bonchev–Trinajstić information content (AvgIpc) is 3.13. The highest BCUT2D eigenvalue weighted by Crippen LogP contribution is 2.80. The first kappa shape index (κ1) is 18.0. The van der Waals surface area contributed by atoms with Crippen molar-refractivity contribution in [2.75, 3.05) is 0 Å². The van der Waals surface area contributed by atoms with Gasteiger partial charge in [-0.3, -0.25) is 4.79 Å². The van der Waals surface area contributed by atoms with Crippen LogP contribution in [0.1, 0.15) is 65.2 Å². The molecule has 0 spiro atoms. The zero-order chi connectivity index (χ0) is 19.5. The molecule has 2 heterocycles. The Kier molecular flexibility index (Phi) is 3.98. The van der Waals surface area contributed by atoms with Crippen LogP contribution in [-0.4, -0.2) is 11.9 Å². The Hall–Kier alpha value is -2.10. The van der Waals surface area contributed by atoms with E-state index >= 15 is 0 Å². The number of fused-ring (bicyclic) bond motifs is 2. The molecule has 0 radical (unpaired) electrons. The van der Waals surface area contributed by atoms with Gasteiger partial charge in [0.1, 0.15) is 16.9 Å². The maximum Gasteiger partial charge on any atom is 0.340 e. The second kappa shape index (κ2) is 6.20. The Morgan fingerprint density at radius 1 is 1.14 bits per heavy atom. The van der Waals surface area contributed by atoms with Crippen LogP contribution >= 0.6 is 0 Å². The molecule has 148 valence electrons. The van der Waals surface area contributed by atoms with Crippen molar-refractivity contribution in [3.05, 3.63) is 47.0 Å². The van der Waals surface area contributed by atoms with E-state index in [0.29, 0.717) is 0 Å². The number of rotatable bonds is 4. The van der Waals surface area contributed by atoms with E-state index in [2.05, 4.69) is 38.2 Å². The molecular formula is C24H28O4. The summed E-state index contributed by atoms with van der Waals surface area (Å²) in [7, 11) is 0. The molecule has 1 saturated carbocycles. The van der Waals surface area contributed by atoms with Crippen LogP contribution in [0, 0.1) is 22.7 Å². The van der Waals surface area contributed by atoms with Crippen molar-refractivity contribution in [1.82, 2.24) is 0 Å². The third-order valence-corrected chi connectivity index (χ3v) is 7.62. The summed E-state index contributed by atoms with van der Waals surface area (Å²) >= 11 is 0. The molecule has 4 heteroatoms. The minimum Gasteiger partial charge on any atom is -0.430 e. The van der Waals surface area contributed by atoms with Crippen LogP contribution < -0.4 is 0 Å². The molecule has 0 aromatic heterocycles. The zero-order valence-corrected chi connectivity index (χ0v) is 16.8. The van der Waals surface area contributed by atoms with Gasteiger partial charge in [-0.1, -0.05) is 38.8 Å². The second-order valence-corrected chi connectivity index (χ2v) is 8.79. The molecule has 0 aromatic rings. The van der Waals surface area contributed by atoms with Crippen LogP contribution in [0.2, 0.25) is 0 Å². The maximum atomic E-state index is 13.1. The van der Waals surface area contributed by atoms with Gasteiger partial charge in [0.05, 0.1) is 5.41 Å². The van der Waals surface area contributed by atoms with E-state index in [4.69, 9.17) is 9.47 Å². The van der Waals surface area contributed by atoms with Crippen molar-refractivity contribution >= 4 is 11.9 Å². The molecule has 4 unspecified atom stereocenters. The van der Waals surface area contributed by atoms with Gasteiger partial charge >= 0.3 is 11.9 Å². The van der Waals surface area contributed by atoms with Gasteiger partial charge in [-0.25, -0.2) is 4.79 Å². The molecule has 4 nitrogen and oxygen atoms in total. The molecule has 2 fully saturated rings. The molecule has 3 aliphatic carbocycles. The SMILES string of the molecule is CCC/C=C1\OC(=O)C2=C1CCC1C2C23CCC=CC12C(=O)O/C3=C/CCC. The van der Waals surface area contributed by atoms with Crippen LogP contribution in [-0.2, 0) is 19.1 Å². The Morgan fingerprint density at radius 2 is 1.93 bits per heavy atom. The van der Waals surface area contributed by atoms with Crippen LogP contribution in [0.15, 0.2) is 47.0 Å². The predicted molar refractivity (Wildman–Crippen MR) is 105 cm³/mol. The fourth-order valence-electron chi connectivity index (χ4n) is 6.60. The number of esters is 2. The van der Waals surface area contributed by atoms with Gasteiger partial charge in [0.2, 0.25) is 0 Å². The molecule has 2 aliphatic heterocycles. The van der Waals surface area contributed by atoms with Crippen molar-refractivity contribution in [3.8, 4) is 0 Å². The van der Waals surface area contributed by atoms with Gasteiger partial charge in [-0.05, 0) is 56.6 Å². The van der Waals surface area contributed by atoms with E-state index in [1.165, 1.54) is 0 Å². The van der Waals surface area contributed by atoms with E-state index in [9.17, 15) is 9.59 Å². The lowest BCUT2D eigenvalue weighted by Gasteiger charge is -2.65. The molecule has 4 atom stereocenters. The summed E-state index contributed by atoms with van der Waals surface area (Å²) in [5.41, 5.74) is 0.958. The largest absolute Gasteiger partial charge is 0.430 e. The van der Waals surface area contributed by atoms with Gasteiger partial charge in [0.25, 0.3) is 0 Å². The number of cyclic esters (lactones) is 2. The molecule has 1 saturated heterocycles. The monoisotopic (exact) mass is 380 g/mol. The van der Waals surface area contributed by atoms with Crippen LogP contribution in [0.4, 0.5) is 0 Å². The number of carbonyl (C=O) groups excluding carboxylic acids is 2. The lowest BCUT2D eigenvalue weighted by Crippen LogP contribution is -2.67. The summed E-state index contributed by atoms with van der Waals surface area (Å²) in [5.74, 6) is 1.46. The maximum absolute atomic E-state index is 13.1. The van der Waals surface area contributed by atoms with Crippen LogP contribution in [0.25, 0.3) is 0 Å². The smallest absolute Gasteiger partial charge is 0.340 e. The number of hydrogen-bond acceptors (Lipinski definition) is 4. The molecular weight excluding hydrogens is 352 g/mol. The molecule has 5 aliphatic rings. The number of hydrogen-bond donors (Lipinski definition) is 0. The molecule has 28 heavy (non-hydrogen) atoms. The Bertz CT molecular complexity index is 873. The molecule has 0 bridgehead atoms. The lowest BCUT2D eigenvalue weighted by molar-refractivity contribution is -0.171. The Balaban J connectivity index is 1.66. The quantitative estimate of drug-likeness (QED) is 0.501. The highest BCUT2D eigenvalue weighted by Gasteiger charge is 2.82. The van der Waals surface area contributed by atoms with Crippen molar-refractivity contribution in [2.24, 2.45) is 22.7 Å². The van der Waals surface area contributed by atoms with Crippen molar-refractivity contribution in [2.45, 2.75) is 65.2 Å². The normalized spacial score (nSPS) is 40.6. The van der Waals surface area contributed by atoms with E-state index in [1.807, 2.05) is 0 Å². The van der Waals surface area contributed by atoms with Gasteiger partial charge in [0.15, 0.2) is 0 Å². The molecule has 5 rings (SSSR count). The Labute approximate surface area is 166 Å². The summed E-state index contributed by atoms with van der Waals surface area (Å²) in [4.78, 5) is 26.1. The number of carbonyl (C=O) groups is 2. The summed E-state index contributed by atoms with van der Waals surface area (Å²) in [6.45, 7) is 4.25. The Morgan fingerprint density at radius 3 is 2.71 bits per heavy atom. The highest BCUT2D eigenvalue weighted by atomic mass is 16.6. The summed E-state index contributed by atoms with van der Waals surface area (Å²) < 4.78 is 11.6. The van der Waals surface area contributed by atoms with Gasteiger partial charge in [-0.2, -0.15) is 0 Å². The molecule has 0 amide bonds. The standard InChI is InChI=1S/C24H28O4/c1-3-5-9-17-15-11-12-16-20(19(15)21(25)27-17)24-14-8-7-13-23(16,24)22(26)28-18(24)10-6-4-2/h7,9-10,13,16,20H,3-6,8,11-12,14H2,1-2H3/b17-9-,18-10+. The van der Waals surface area contributed by atoms with Crippen molar-refractivity contribution < 1.29 is 19.1 Å². The molecule has 0 N–H and O–H groups in total. The lowest BCUT2D eigenvalue weighted by atomic mass is 9.33. The summed E-state index contributed by atoms with van der Waals surface area (Å²) in [5, 5.41) is 0. The van der Waals surface area contributed by atoms with Crippen LogP contribution in [0.3, 0.4) is 0 Å². The zero-order valence-electron chi connectivity index (χ0n) is 16.8.